The van der Waals surface area contributed by atoms with E-state index in [0.717, 1.165) is 0 Å². The van der Waals surface area contributed by atoms with Crippen molar-refractivity contribution in [2.75, 3.05) is 14.1 Å². The van der Waals surface area contributed by atoms with Gasteiger partial charge in [-0.3, -0.25) is 4.90 Å². The summed E-state index contributed by atoms with van der Waals surface area (Å²) in [5.41, 5.74) is 8.89. The summed E-state index contributed by atoms with van der Waals surface area (Å²) in [5, 5.41) is 0. The molecule has 0 unspecified atom stereocenters. The van der Waals surface area contributed by atoms with Gasteiger partial charge < -0.3 is 0 Å². The van der Waals surface area contributed by atoms with Crippen LogP contribution in [0.3, 0.4) is 0 Å². The van der Waals surface area contributed by atoms with Gasteiger partial charge in [-0.05, 0) is 58.3 Å². The average Bonchev–Trinajstić information content (AvgIpc) is 2.78. The fourth-order valence-electron chi connectivity index (χ4n) is 3.73. The lowest BCUT2D eigenvalue weighted by atomic mass is 9.84. The van der Waals surface area contributed by atoms with Crippen LogP contribution in [0.5, 0.6) is 0 Å². The molecule has 1 nitrogen and oxygen atoms in total. The first-order valence-corrected chi connectivity index (χ1v) is 8.96. The van der Waals surface area contributed by atoms with Gasteiger partial charge in [0, 0.05) is 0 Å². The Bertz CT molecular complexity index is 706. The zero-order valence-electron chi connectivity index (χ0n) is 16.5. The molecule has 0 aliphatic heterocycles. The Hall–Kier alpha value is -1.60. The first-order chi connectivity index (χ1) is 11.0. The van der Waals surface area contributed by atoms with Gasteiger partial charge in [0.2, 0.25) is 0 Å². The third-order valence-corrected chi connectivity index (χ3v) is 5.23. The Balaban J connectivity index is 2.21. The van der Waals surface area contributed by atoms with Crippen LogP contribution in [0.15, 0.2) is 36.4 Å². The molecule has 0 aromatic heterocycles. The molecular formula is C23H31N. The lowest BCUT2D eigenvalue weighted by molar-refractivity contribution is 0.347. The molecule has 0 radical (unpaired) electrons. The fraction of sp³-hybridized carbons (Fsp3) is 0.478. The van der Waals surface area contributed by atoms with E-state index in [-0.39, 0.29) is 10.8 Å². The Labute approximate surface area is 147 Å². The van der Waals surface area contributed by atoms with E-state index in [4.69, 9.17) is 0 Å². The van der Waals surface area contributed by atoms with E-state index < -0.39 is 0 Å². The van der Waals surface area contributed by atoms with Gasteiger partial charge in [-0.25, -0.2) is 0 Å². The highest BCUT2D eigenvalue weighted by Crippen LogP contribution is 2.47. The summed E-state index contributed by atoms with van der Waals surface area (Å²) in [6.45, 7) is 13.7. The number of fused-ring (bicyclic) bond motifs is 3. The van der Waals surface area contributed by atoms with Crippen molar-refractivity contribution in [2.24, 2.45) is 0 Å². The molecule has 128 valence electrons. The predicted molar refractivity (Wildman–Crippen MR) is 105 cm³/mol. The second-order valence-electron chi connectivity index (χ2n) is 9.47. The van der Waals surface area contributed by atoms with Gasteiger partial charge in [-0.15, -0.1) is 0 Å². The van der Waals surface area contributed by atoms with Gasteiger partial charge in [-0.2, -0.15) is 0 Å². The standard InChI is InChI=1S/C23H31N/c1-22(2,3)15-9-11-17-18-12-10-16(23(4,5)6)14-20(18)21(24(7)8)19(17)13-15/h9-14,21H,1-8H3. The Morgan fingerprint density at radius 1 is 0.667 bits per heavy atom. The van der Waals surface area contributed by atoms with Crippen molar-refractivity contribution in [1.29, 1.82) is 0 Å². The minimum Gasteiger partial charge on any atom is -0.299 e. The van der Waals surface area contributed by atoms with E-state index >= 15 is 0 Å². The molecule has 0 bridgehead atoms. The maximum absolute atomic E-state index is 2.43. The van der Waals surface area contributed by atoms with Crippen molar-refractivity contribution in [3.05, 3.63) is 58.7 Å². The van der Waals surface area contributed by atoms with Crippen LogP contribution in [-0.2, 0) is 10.8 Å². The molecule has 1 aliphatic rings. The van der Waals surface area contributed by atoms with E-state index in [1.54, 1.807) is 0 Å². The molecule has 0 N–H and O–H groups in total. The molecule has 1 heteroatoms. The van der Waals surface area contributed by atoms with Crippen LogP contribution in [0.25, 0.3) is 11.1 Å². The van der Waals surface area contributed by atoms with E-state index in [9.17, 15) is 0 Å². The molecule has 2 aromatic carbocycles. The predicted octanol–water partition coefficient (Wildman–Crippen LogP) is 5.91. The van der Waals surface area contributed by atoms with Crippen LogP contribution in [0.2, 0.25) is 0 Å². The maximum atomic E-state index is 2.43. The second-order valence-corrected chi connectivity index (χ2v) is 9.47. The van der Waals surface area contributed by atoms with Gasteiger partial charge >= 0.3 is 0 Å². The topological polar surface area (TPSA) is 3.24 Å². The summed E-state index contributed by atoms with van der Waals surface area (Å²) in [5.74, 6) is 0. The molecule has 2 aromatic rings. The van der Waals surface area contributed by atoms with Crippen molar-refractivity contribution < 1.29 is 0 Å². The highest BCUT2D eigenvalue weighted by atomic mass is 15.1. The van der Waals surface area contributed by atoms with Crippen LogP contribution in [-0.4, -0.2) is 19.0 Å². The van der Waals surface area contributed by atoms with Crippen LogP contribution in [0.1, 0.15) is 69.8 Å². The van der Waals surface area contributed by atoms with Gasteiger partial charge in [0.25, 0.3) is 0 Å². The highest BCUT2D eigenvalue weighted by Gasteiger charge is 2.32. The zero-order chi connectivity index (χ0) is 17.9. The Morgan fingerprint density at radius 3 is 1.33 bits per heavy atom. The van der Waals surface area contributed by atoms with E-state index in [1.807, 2.05) is 0 Å². The molecule has 0 saturated carbocycles. The molecule has 0 heterocycles. The lowest BCUT2D eigenvalue weighted by Crippen LogP contribution is -2.20. The third-order valence-electron chi connectivity index (χ3n) is 5.23. The molecule has 0 amide bonds. The first kappa shape index (κ1) is 17.2. The summed E-state index contributed by atoms with van der Waals surface area (Å²) in [4.78, 5) is 2.35. The normalized spacial score (nSPS) is 14.9. The van der Waals surface area contributed by atoms with E-state index in [2.05, 4.69) is 96.9 Å². The van der Waals surface area contributed by atoms with Crippen molar-refractivity contribution in [2.45, 2.75) is 58.4 Å². The summed E-state index contributed by atoms with van der Waals surface area (Å²) in [7, 11) is 4.38. The van der Waals surface area contributed by atoms with Crippen molar-refractivity contribution in [3.8, 4) is 11.1 Å². The molecular weight excluding hydrogens is 290 g/mol. The summed E-state index contributed by atoms with van der Waals surface area (Å²) in [6, 6.07) is 14.5. The monoisotopic (exact) mass is 321 g/mol. The summed E-state index contributed by atoms with van der Waals surface area (Å²) < 4.78 is 0. The smallest absolute Gasteiger partial charge is 0.0609 e. The fourth-order valence-corrected chi connectivity index (χ4v) is 3.73. The average molecular weight is 322 g/mol. The largest absolute Gasteiger partial charge is 0.299 e. The zero-order valence-corrected chi connectivity index (χ0v) is 16.5. The quantitative estimate of drug-likeness (QED) is 0.631. The van der Waals surface area contributed by atoms with Crippen molar-refractivity contribution >= 4 is 0 Å². The number of benzene rings is 2. The van der Waals surface area contributed by atoms with Crippen molar-refractivity contribution in [1.82, 2.24) is 4.90 Å². The number of nitrogens with zero attached hydrogens (tertiary/aromatic N) is 1. The number of hydrogen-bond acceptors (Lipinski definition) is 1. The Kier molecular flexibility index (Phi) is 3.92. The van der Waals surface area contributed by atoms with E-state index in [0.29, 0.717) is 6.04 Å². The van der Waals surface area contributed by atoms with Crippen molar-refractivity contribution in [3.63, 3.8) is 0 Å². The third kappa shape index (κ3) is 2.80. The minimum absolute atomic E-state index is 0.178. The highest BCUT2D eigenvalue weighted by molar-refractivity contribution is 5.79. The SMILES string of the molecule is CN(C)C1c2cc(C(C)(C)C)ccc2-c2ccc(C(C)(C)C)cc21. The molecule has 0 fully saturated rings. The van der Waals surface area contributed by atoms with Crippen LogP contribution >= 0.6 is 0 Å². The van der Waals surface area contributed by atoms with Crippen LogP contribution in [0.4, 0.5) is 0 Å². The first-order valence-electron chi connectivity index (χ1n) is 8.96. The van der Waals surface area contributed by atoms with Crippen LogP contribution < -0.4 is 0 Å². The van der Waals surface area contributed by atoms with Gasteiger partial charge in [0.05, 0.1) is 6.04 Å². The molecule has 3 rings (SSSR count). The summed E-state index contributed by atoms with van der Waals surface area (Å²) >= 11 is 0. The van der Waals surface area contributed by atoms with Gasteiger partial charge in [-0.1, -0.05) is 77.9 Å². The molecule has 24 heavy (non-hydrogen) atoms. The van der Waals surface area contributed by atoms with Crippen LogP contribution in [0, 0.1) is 0 Å². The number of rotatable bonds is 1. The second kappa shape index (κ2) is 5.46. The Morgan fingerprint density at radius 2 is 1.04 bits per heavy atom. The van der Waals surface area contributed by atoms with E-state index in [1.165, 1.54) is 33.4 Å². The minimum atomic E-state index is 0.178. The lowest BCUT2D eigenvalue weighted by Gasteiger charge is -2.26. The number of hydrogen-bond donors (Lipinski definition) is 0. The van der Waals surface area contributed by atoms with Gasteiger partial charge in [0.1, 0.15) is 0 Å². The molecule has 0 spiro atoms. The molecule has 0 saturated heterocycles. The maximum Gasteiger partial charge on any atom is 0.0609 e. The van der Waals surface area contributed by atoms with Gasteiger partial charge in [0.15, 0.2) is 0 Å². The molecule has 1 aliphatic carbocycles. The summed E-state index contributed by atoms with van der Waals surface area (Å²) in [6.07, 6.45) is 0. The molecule has 0 atom stereocenters.